The lowest BCUT2D eigenvalue weighted by Gasteiger charge is -2.36. The van der Waals surface area contributed by atoms with E-state index in [2.05, 4.69) is 5.32 Å². The number of aromatic hydroxyl groups is 1. The van der Waals surface area contributed by atoms with Gasteiger partial charge < -0.3 is 20.2 Å². The molecule has 0 spiro atoms. The Morgan fingerprint density at radius 3 is 2.17 bits per heavy atom. The number of piperazine rings is 1. The average Bonchev–Trinajstić information content (AvgIpc) is 2.54. The van der Waals surface area contributed by atoms with Gasteiger partial charge in [-0.2, -0.15) is 0 Å². The minimum atomic E-state index is -0.0598. The first kappa shape index (κ1) is 19.3. The fraction of sp³-hybridized carbons (Fsp3) is 0.500. The Morgan fingerprint density at radius 1 is 1.13 bits per heavy atom. The number of halogens is 1. The smallest absolute Gasteiger partial charge is 0.253 e. The van der Waals surface area contributed by atoms with E-state index in [1.807, 2.05) is 18.9 Å². The van der Waals surface area contributed by atoms with Crippen LogP contribution in [-0.2, 0) is 4.79 Å². The maximum Gasteiger partial charge on any atom is 0.253 e. The molecule has 23 heavy (non-hydrogen) atoms. The second-order valence-electron chi connectivity index (χ2n) is 5.62. The topological polar surface area (TPSA) is 72.9 Å². The van der Waals surface area contributed by atoms with Crippen LogP contribution in [0.1, 0.15) is 17.3 Å². The average molecular weight is 342 g/mol. The van der Waals surface area contributed by atoms with Crippen molar-refractivity contribution in [2.24, 2.45) is 5.92 Å². The third-order valence-electron chi connectivity index (χ3n) is 3.92. The summed E-state index contributed by atoms with van der Waals surface area (Å²) in [7, 11) is 1.83. The van der Waals surface area contributed by atoms with Crippen LogP contribution in [0.5, 0.6) is 5.75 Å². The Labute approximate surface area is 142 Å². The summed E-state index contributed by atoms with van der Waals surface area (Å²) in [6.45, 7) is 4.78. The molecule has 1 atom stereocenters. The van der Waals surface area contributed by atoms with E-state index in [4.69, 9.17) is 0 Å². The molecule has 1 saturated heterocycles. The molecule has 0 radical (unpaired) electrons. The van der Waals surface area contributed by atoms with E-state index in [-0.39, 0.29) is 35.9 Å². The zero-order valence-corrected chi connectivity index (χ0v) is 14.3. The molecule has 2 N–H and O–H groups in total. The molecule has 0 aliphatic carbocycles. The molecule has 6 nitrogen and oxygen atoms in total. The van der Waals surface area contributed by atoms with E-state index in [0.29, 0.717) is 38.3 Å². The van der Waals surface area contributed by atoms with Crippen LogP contribution >= 0.6 is 12.4 Å². The lowest BCUT2D eigenvalue weighted by Crippen LogP contribution is -2.52. The number of carbonyl (C=O) groups excluding carboxylic acids is 2. The third kappa shape index (κ3) is 4.84. The van der Waals surface area contributed by atoms with E-state index in [1.165, 1.54) is 12.1 Å². The first-order valence-corrected chi connectivity index (χ1v) is 7.54. The summed E-state index contributed by atoms with van der Waals surface area (Å²) in [5.74, 6) is 0.163. The SMILES string of the molecule is CNCC(C)C(=O)N1CCN(C(=O)c2ccc(O)cc2)CC1.Cl. The highest BCUT2D eigenvalue weighted by Gasteiger charge is 2.27. The van der Waals surface area contributed by atoms with Gasteiger partial charge in [-0.3, -0.25) is 9.59 Å². The first-order chi connectivity index (χ1) is 10.5. The van der Waals surface area contributed by atoms with E-state index in [9.17, 15) is 14.7 Å². The molecule has 1 heterocycles. The Morgan fingerprint density at radius 2 is 1.65 bits per heavy atom. The standard InChI is InChI=1S/C16H23N3O3.ClH/c1-12(11-17-2)15(21)18-7-9-19(10-8-18)16(22)13-3-5-14(20)6-4-13;/h3-6,12,17,20H,7-11H2,1-2H3;1H. The van der Waals surface area contributed by atoms with E-state index < -0.39 is 0 Å². The zero-order valence-electron chi connectivity index (χ0n) is 13.5. The molecule has 1 aliphatic rings. The number of hydrogen-bond acceptors (Lipinski definition) is 4. The highest BCUT2D eigenvalue weighted by molar-refractivity contribution is 5.94. The van der Waals surface area contributed by atoms with E-state index >= 15 is 0 Å². The first-order valence-electron chi connectivity index (χ1n) is 7.54. The van der Waals surface area contributed by atoms with Crippen molar-refractivity contribution in [1.29, 1.82) is 0 Å². The molecule has 7 heteroatoms. The van der Waals surface area contributed by atoms with Gasteiger partial charge in [-0.1, -0.05) is 6.92 Å². The van der Waals surface area contributed by atoms with Crippen molar-refractivity contribution in [1.82, 2.24) is 15.1 Å². The normalized spacial score (nSPS) is 15.7. The summed E-state index contributed by atoms with van der Waals surface area (Å²) in [6, 6.07) is 6.24. The van der Waals surface area contributed by atoms with Crippen LogP contribution in [0.25, 0.3) is 0 Å². The van der Waals surface area contributed by atoms with Gasteiger partial charge in [-0.05, 0) is 31.3 Å². The minimum Gasteiger partial charge on any atom is -0.508 e. The summed E-state index contributed by atoms with van der Waals surface area (Å²) in [4.78, 5) is 28.2. The molecule has 2 rings (SSSR count). The molecule has 2 amide bonds. The fourth-order valence-corrected chi connectivity index (χ4v) is 2.62. The van der Waals surface area contributed by atoms with Crippen LogP contribution in [-0.4, -0.2) is 66.5 Å². The Hall–Kier alpha value is -1.79. The van der Waals surface area contributed by atoms with Gasteiger partial charge in [0.2, 0.25) is 5.91 Å². The molecule has 1 unspecified atom stereocenters. The molecule has 128 valence electrons. The summed E-state index contributed by atoms with van der Waals surface area (Å²) < 4.78 is 0. The van der Waals surface area contributed by atoms with Crippen molar-refractivity contribution in [3.63, 3.8) is 0 Å². The number of phenolic OH excluding ortho intramolecular Hbond substituents is 1. The van der Waals surface area contributed by atoms with Crippen LogP contribution < -0.4 is 5.32 Å². The van der Waals surface area contributed by atoms with E-state index in [1.54, 1.807) is 17.0 Å². The maximum absolute atomic E-state index is 12.4. The molecule has 0 bridgehead atoms. The van der Waals surface area contributed by atoms with Crippen molar-refractivity contribution >= 4 is 24.2 Å². The second-order valence-corrected chi connectivity index (χ2v) is 5.62. The predicted molar refractivity (Wildman–Crippen MR) is 90.9 cm³/mol. The van der Waals surface area contributed by atoms with Crippen molar-refractivity contribution in [2.75, 3.05) is 39.8 Å². The van der Waals surface area contributed by atoms with E-state index in [0.717, 1.165) is 0 Å². The van der Waals surface area contributed by atoms with Crippen molar-refractivity contribution < 1.29 is 14.7 Å². The number of nitrogens with zero attached hydrogens (tertiary/aromatic N) is 2. The Kier molecular flexibility index (Phi) is 7.32. The fourth-order valence-electron chi connectivity index (χ4n) is 2.62. The summed E-state index contributed by atoms with van der Waals surface area (Å²) in [5, 5.41) is 12.3. The van der Waals surface area contributed by atoms with Crippen LogP contribution in [0.2, 0.25) is 0 Å². The number of hydrogen-bond donors (Lipinski definition) is 2. The summed E-state index contributed by atoms with van der Waals surface area (Å²) in [6.07, 6.45) is 0. The molecule has 0 aromatic heterocycles. The van der Waals surface area contributed by atoms with Gasteiger partial charge >= 0.3 is 0 Å². The van der Waals surface area contributed by atoms with Gasteiger partial charge in [0.1, 0.15) is 5.75 Å². The number of phenols is 1. The Balaban J connectivity index is 0.00000264. The maximum atomic E-state index is 12.4. The number of carbonyl (C=O) groups is 2. The molecule has 0 saturated carbocycles. The van der Waals surface area contributed by atoms with Crippen molar-refractivity contribution in [3.05, 3.63) is 29.8 Å². The van der Waals surface area contributed by atoms with Gasteiger partial charge in [0.15, 0.2) is 0 Å². The number of rotatable bonds is 4. The number of nitrogens with one attached hydrogen (secondary N) is 1. The number of benzene rings is 1. The van der Waals surface area contributed by atoms with Crippen LogP contribution in [0.15, 0.2) is 24.3 Å². The van der Waals surface area contributed by atoms with Crippen LogP contribution in [0, 0.1) is 5.92 Å². The molecule has 1 aromatic rings. The third-order valence-corrected chi connectivity index (χ3v) is 3.92. The molecule has 1 aromatic carbocycles. The van der Waals surface area contributed by atoms with Gasteiger partial charge in [0, 0.05) is 44.2 Å². The molecular formula is C16H24ClN3O3. The second kappa shape index (κ2) is 8.74. The lowest BCUT2D eigenvalue weighted by molar-refractivity contribution is -0.136. The Bertz CT molecular complexity index is 528. The molecular weight excluding hydrogens is 318 g/mol. The highest BCUT2D eigenvalue weighted by atomic mass is 35.5. The summed E-state index contributed by atoms with van der Waals surface area (Å²) in [5.41, 5.74) is 0.557. The monoisotopic (exact) mass is 341 g/mol. The largest absolute Gasteiger partial charge is 0.508 e. The van der Waals surface area contributed by atoms with Crippen molar-refractivity contribution in [3.8, 4) is 5.75 Å². The van der Waals surface area contributed by atoms with Crippen LogP contribution in [0.3, 0.4) is 0 Å². The van der Waals surface area contributed by atoms with Crippen molar-refractivity contribution in [2.45, 2.75) is 6.92 Å². The number of amides is 2. The van der Waals surface area contributed by atoms with Gasteiger partial charge in [0.25, 0.3) is 5.91 Å². The predicted octanol–water partition coefficient (Wildman–Crippen LogP) is 0.954. The van der Waals surface area contributed by atoms with Gasteiger partial charge in [-0.15, -0.1) is 12.4 Å². The highest BCUT2D eigenvalue weighted by Crippen LogP contribution is 2.14. The quantitative estimate of drug-likeness (QED) is 0.855. The zero-order chi connectivity index (χ0) is 16.1. The lowest BCUT2D eigenvalue weighted by atomic mass is 10.1. The molecule has 1 aliphatic heterocycles. The van der Waals surface area contributed by atoms with Gasteiger partial charge in [-0.25, -0.2) is 0 Å². The summed E-state index contributed by atoms with van der Waals surface area (Å²) >= 11 is 0. The molecule has 1 fully saturated rings. The minimum absolute atomic E-state index is 0. The van der Waals surface area contributed by atoms with Gasteiger partial charge in [0.05, 0.1) is 0 Å². The van der Waals surface area contributed by atoms with Crippen LogP contribution in [0.4, 0.5) is 0 Å².